The Morgan fingerprint density at radius 1 is 0.950 bits per heavy atom. The van der Waals surface area contributed by atoms with Gasteiger partial charge in [-0.3, -0.25) is 0 Å². The summed E-state index contributed by atoms with van der Waals surface area (Å²) in [4.78, 5) is 9.13. The van der Waals surface area contributed by atoms with E-state index in [1.807, 2.05) is 32.0 Å². The van der Waals surface area contributed by atoms with E-state index >= 15 is 0 Å². The highest BCUT2D eigenvalue weighted by Gasteiger charge is 2.11. The van der Waals surface area contributed by atoms with Gasteiger partial charge in [-0.05, 0) is 38.1 Å². The maximum Gasteiger partial charge on any atom is 0.124 e. The van der Waals surface area contributed by atoms with Crippen LogP contribution in [0, 0.1) is 19.7 Å². The fraction of sp³-hybridized carbons (Fsp3) is 0.125. The van der Waals surface area contributed by atoms with E-state index in [2.05, 4.69) is 9.97 Å². The summed E-state index contributed by atoms with van der Waals surface area (Å²) in [6.07, 6.45) is 0. The van der Waals surface area contributed by atoms with Crippen molar-refractivity contribution in [3.8, 4) is 11.1 Å². The molecule has 0 aliphatic heterocycles. The molecule has 0 unspecified atom stereocenters. The first kappa shape index (κ1) is 13.0. The van der Waals surface area contributed by atoms with Crippen molar-refractivity contribution in [2.24, 2.45) is 0 Å². The largest absolute Gasteiger partial charge is 0.250 e. The second-order valence-corrected chi connectivity index (χ2v) is 5.10. The molecular weight excluding hydrogens is 275 g/mol. The zero-order valence-corrected chi connectivity index (χ0v) is 11.9. The van der Waals surface area contributed by atoms with Crippen molar-refractivity contribution >= 4 is 22.6 Å². The molecule has 1 aromatic heterocycles. The topological polar surface area (TPSA) is 25.8 Å². The van der Waals surface area contributed by atoms with Crippen LogP contribution in [0.1, 0.15) is 11.4 Å². The van der Waals surface area contributed by atoms with Crippen molar-refractivity contribution in [2.75, 3.05) is 0 Å². The predicted octanol–water partition coefficient (Wildman–Crippen LogP) is 4.71. The van der Waals surface area contributed by atoms with E-state index in [9.17, 15) is 4.39 Å². The van der Waals surface area contributed by atoms with Crippen LogP contribution in [0.5, 0.6) is 0 Å². The monoisotopic (exact) mass is 286 g/mol. The Balaban J connectivity index is 2.33. The minimum Gasteiger partial charge on any atom is -0.250 e. The highest BCUT2D eigenvalue weighted by Crippen LogP contribution is 2.32. The van der Waals surface area contributed by atoms with Gasteiger partial charge in [-0.15, -0.1) is 0 Å². The first-order chi connectivity index (χ1) is 9.56. The number of nitrogens with zero attached hydrogens (tertiary/aromatic N) is 2. The summed E-state index contributed by atoms with van der Waals surface area (Å²) in [5.41, 5.74) is 5.00. The summed E-state index contributed by atoms with van der Waals surface area (Å²) in [5, 5.41) is 0.373. The lowest BCUT2D eigenvalue weighted by molar-refractivity contribution is 0.628. The number of hydrogen-bond donors (Lipinski definition) is 0. The van der Waals surface area contributed by atoms with Gasteiger partial charge in [0.1, 0.15) is 5.82 Å². The van der Waals surface area contributed by atoms with Gasteiger partial charge in [0.2, 0.25) is 0 Å². The van der Waals surface area contributed by atoms with Gasteiger partial charge in [0.25, 0.3) is 0 Å². The number of aromatic nitrogens is 2. The number of rotatable bonds is 1. The molecule has 0 radical (unpaired) electrons. The Kier molecular flexibility index (Phi) is 3.14. The van der Waals surface area contributed by atoms with Crippen LogP contribution in [-0.4, -0.2) is 9.97 Å². The number of aryl methyl sites for hydroxylation is 2. The predicted molar refractivity (Wildman–Crippen MR) is 79.4 cm³/mol. The molecule has 0 aliphatic carbocycles. The first-order valence-electron chi connectivity index (χ1n) is 6.25. The second-order valence-electron chi connectivity index (χ2n) is 4.69. The van der Waals surface area contributed by atoms with Gasteiger partial charge in [-0.25, -0.2) is 14.4 Å². The Hall–Kier alpha value is -2.00. The summed E-state index contributed by atoms with van der Waals surface area (Å²) >= 11 is 6.15. The summed E-state index contributed by atoms with van der Waals surface area (Å²) in [5.74, 6) is -0.350. The minimum atomic E-state index is -0.350. The lowest BCUT2D eigenvalue weighted by Crippen LogP contribution is -1.95. The SMILES string of the molecule is Cc1nc2cccc(-c3ccc(F)cc3Cl)c2nc1C. The van der Waals surface area contributed by atoms with Gasteiger partial charge < -0.3 is 0 Å². The van der Waals surface area contributed by atoms with Gasteiger partial charge >= 0.3 is 0 Å². The van der Waals surface area contributed by atoms with E-state index in [-0.39, 0.29) is 5.82 Å². The summed E-state index contributed by atoms with van der Waals surface area (Å²) in [6, 6.07) is 10.1. The Bertz CT molecular complexity index is 815. The molecule has 100 valence electrons. The summed E-state index contributed by atoms with van der Waals surface area (Å²) in [7, 11) is 0. The van der Waals surface area contributed by atoms with E-state index in [1.165, 1.54) is 12.1 Å². The molecule has 0 spiro atoms. The van der Waals surface area contributed by atoms with Crippen LogP contribution < -0.4 is 0 Å². The summed E-state index contributed by atoms with van der Waals surface area (Å²) in [6.45, 7) is 3.85. The third-order valence-corrected chi connectivity index (χ3v) is 3.64. The number of benzene rings is 2. The molecule has 0 amide bonds. The maximum absolute atomic E-state index is 13.2. The van der Waals surface area contributed by atoms with E-state index in [0.717, 1.165) is 33.5 Å². The third kappa shape index (κ3) is 2.14. The quantitative estimate of drug-likeness (QED) is 0.647. The normalized spacial score (nSPS) is 11.0. The van der Waals surface area contributed by atoms with Crippen molar-refractivity contribution in [1.29, 1.82) is 0 Å². The highest BCUT2D eigenvalue weighted by molar-refractivity contribution is 6.33. The molecule has 2 nitrogen and oxygen atoms in total. The van der Waals surface area contributed by atoms with Crippen LogP contribution in [0.25, 0.3) is 22.2 Å². The zero-order chi connectivity index (χ0) is 14.3. The van der Waals surface area contributed by atoms with E-state index in [1.54, 1.807) is 6.07 Å². The molecule has 0 saturated carbocycles. The molecule has 0 atom stereocenters. The van der Waals surface area contributed by atoms with Crippen LogP contribution in [0.3, 0.4) is 0 Å². The average Bonchev–Trinajstić information content (AvgIpc) is 2.40. The van der Waals surface area contributed by atoms with Gasteiger partial charge in [-0.1, -0.05) is 23.7 Å². The summed E-state index contributed by atoms with van der Waals surface area (Å²) < 4.78 is 13.2. The van der Waals surface area contributed by atoms with Gasteiger partial charge in [0.15, 0.2) is 0 Å². The Morgan fingerprint density at radius 3 is 2.45 bits per heavy atom. The van der Waals surface area contributed by atoms with Gasteiger partial charge in [-0.2, -0.15) is 0 Å². The number of para-hydroxylation sites is 1. The van der Waals surface area contributed by atoms with Crippen LogP contribution in [0.4, 0.5) is 4.39 Å². The van der Waals surface area contributed by atoms with Crippen molar-refractivity contribution in [1.82, 2.24) is 9.97 Å². The fourth-order valence-electron chi connectivity index (χ4n) is 2.17. The standard InChI is InChI=1S/C16H12ClFN2/c1-9-10(2)20-16-13(4-3-5-15(16)19-9)12-7-6-11(18)8-14(12)17/h3-8H,1-2H3. The second kappa shape index (κ2) is 4.84. The maximum atomic E-state index is 13.2. The van der Waals surface area contributed by atoms with E-state index in [0.29, 0.717) is 5.02 Å². The molecular formula is C16H12ClFN2. The lowest BCUT2D eigenvalue weighted by Gasteiger charge is -2.09. The Labute approximate surface area is 121 Å². The Morgan fingerprint density at radius 2 is 1.70 bits per heavy atom. The molecule has 4 heteroatoms. The van der Waals surface area contributed by atoms with Crippen LogP contribution in [-0.2, 0) is 0 Å². The molecule has 3 rings (SSSR count). The third-order valence-electron chi connectivity index (χ3n) is 3.33. The molecule has 1 heterocycles. The smallest absolute Gasteiger partial charge is 0.124 e. The molecule has 0 bridgehead atoms. The number of hydrogen-bond acceptors (Lipinski definition) is 2. The van der Waals surface area contributed by atoms with Crippen LogP contribution in [0.15, 0.2) is 36.4 Å². The van der Waals surface area contributed by atoms with Gasteiger partial charge in [0.05, 0.1) is 27.4 Å². The molecule has 0 saturated heterocycles. The molecule has 0 fully saturated rings. The number of fused-ring (bicyclic) bond motifs is 1. The van der Waals surface area contributed by atoms with Gasteiger partial charge in [0, 0.05) is 11.1 Å². The minimum absolute atomic E-state index is 0.350. The van der Waals surface area contributed by atoms with Crippen LogP contribution >= 0.6 is 11.6 Å². The lowest BCUT2D eigenvalue weighted by atomic mass is 10.0. The highest BCUT2D eigenvalue weighted by atomic mass is 35.5. The number of halogens is 2. The molecule has 3 aromatic rings. The van der Waals surface area contributed by atoms with E-state index in [4.69, 9.17) is 11.6 Å². The van der Waals surface area contributed by atoms with Crippen molar-refractivity contribution in [3.05, 3.63) is 58.6 Å². The fourth-order valence-corrected chi connectivity index (χ4v) is 2.44. The van der Waals surface area contributed by atoms with Crippen molar-refractivity contribution < 1.29 is 4.39 Å². The average molecular weight is 287 g/mol. The zero-order valence-electron chi connectivity index (χ0n) is 11.1. The van der Waals surface area contributed by atoms with E-state index < -0.39 is 0 Å². The van der Waals surface area contributed by atoms with Crippen molar-refractivity contribution in [3.63, 3.8) is 0 Å². The van der Waals surface area contributed by atoms with Crippen LogP contribution in [0.2, 0.25) is 5.02 Å². The first-order valence-corrected chi connectivity index (χ1v) is 6.63. The molecule has 0 aliphatic rings. The molecule has 2 aromatic carbocycles. The van der Waals surface area contributed by atoms with Crippen molar-refractivity contribution in [2.45, 2.75) is 13.8 Å². The molecule has 0 N–H and O–H groups in total. The molecule has 20 heavy (non-hydrogen) atoms.